The van der Waals surface area contributed by atoms with Gasteiger partial charge in [-0.25, -0.2) is 0 Å². The average molecular weight is 222 g/mol. The topological polar surface area (TPSA) is 42.4 Å². The summed E-state index contributed by atoms with van der Waals surface area (Å²) in [6.07, 6.45) is 8.59. The highest BCUT2D eigenvalue weighted by atomic mass is 16.3. The minimum atomic E-state index is 0.573. The van der Waals surface area contributed by atoms with E-state index in [0.29, 0.717) is 6.54 Å². The van der Waals surface area contributed by atoms with E-state index in [4.69, 9.17) is 10.2 Å². The van der Waals surface area contributed by atoms with Crippen molar-refractivity contribution in [3.05, 3.63) is 23.7 Å². The molecule has 0 unspecified atom stereocenters. The van der Waals surface area contributed by atoms with Gasteiger partial charge >= 0.3 is 0 Å². The van der Waals surface area contributed by atoms with Gasteiger partial charge in [0.15, 0.2) is 0 Å². The van der Waals surface area contributed by atoms with E-state index in [0.717, 1.165) is 17.9 Å². The fourth-order valence-electron chi connectivity index (χ4n) is 2.31. The first-order valence-electron chi connectivity index (χ1n) is 6.37. The van der Waals surface area contributed by atoms with Gasteiger partial charge < -0.3 is 10.2 Å². The summed E-state index contributed by atoms with van der Waals surface area (Å²) in [6.45, 7) is 3.93. The molecule has 2 rings (SSSR count). The SMILES string of the molecule is NCc1coc(CN2CCCCCCC2)c1. The van der Waals surface area contributed by atoms with Crippen LogP contribution < -0.4 is 5.73 Å². The Bertz CT molecular complexity index is 301. The fourth-order valence-corrected chi connectivity index (χ4v) is 2.31. The van der Waals surface area contributed by atoms with E-state index in [2.05, 4.69) is 11.0 Å². The van der Waals surface area contributed by atoms with Crippen molar-refractivity contribution in [2.75, 3.05) is 13.1 Å². The molecule has 2 N–H and O–H groups in total. The molecular weight excluding hydrogens is 200 g/mol. The van der Waals surface area contributed by atoms with E-state index in [1.165, 1.54) is 45.2 Å². The number of likely N-dealkylation sites (tertiary alicyclic amines) is 1. The van der Waals surface area contributed by atoms with Crippen LogP contribution in [0.25, 0.3) is 0 Å². The molecule has 0 amide bonds. The molecule has 0 aromatic carbocycles. The maximum Gasteiger partial charge on any atom is 0.118 e. The Morgan fingerprint density at radius 2 is 1.81 bits per heavy atom. The molecule has 3 heteroatoms. The molecule has 2 heterocycles. The lowest BCUT2D eigenvalue weighted by atomic mass is 10.1. The van der Waals surface area contributed by atoms with Crippen LogP contribution >= 0.6 is 0 Å². The zero-order valence-electron chi connectivity index (χ0n) is 9.95. The molecule has 0 spiro atoms. The van der Waals surface area contributed by atoms with Gasteiger partial charge in [0, 0.05) is 12.1 Å². The second-order valence-corrected chi connectivity index (χ2v) is 4.67. The van der Waals surface area contributed by atoms with Crippen LogP contribution in [-0.2, 0) is 13.1 Å². The van der Waals surface area contributed by atoms with Crippen molar-refractivity contribution in [3.63, 3.8) is 0 Å². The zero-order chi connectivity index (χ0) is 11.2. The molecule has 1 aliphatic rings. The summed E-state index contributed by atoms with van der Waals surface area (Å²) in [5, 5.41) is 0. The Morgan fingerprint density at radius 1 is 1.12 bits per heavy atom. The summed E-state index contributed by atoms with van der Waals surface area (Å²) in [7, 11) is 0. The normalized spacial score (nSPS) is 19.3. The molecule has 0 radical (unpaired) electrons. The summed E-state index contributed by atoms with van der Waals surface area (Å²) in [6, 6.07) is 2.08. The van der Waals surface area contributed by atoms with Crippen LogP contribution in [0.4, 0.5) is 0 Å². The Morgan fingerprint density at radius 3 is 2.44 bits per heavy atom. The molecule has 16 heavy (non-hydrogen) atoms. The number of rotatable bonds is 3. The first kappa shape index (κ1) is 11.7. The van der Waals surface area contributed by atoms with Crippen LogP contribution in [0.3, 0.4) is 0 Å². The second kappa shape index (κ2) is 6.06. The van der Waals surface area contributed by atoms with Crippen LogP contribution in [0.1, 0.15) is 43.4 Å². The third kappa shape index (κ3) is 3.35. The number of hydrogen-bond acceptors (Lipinski definition) is 3. The Labute approximate surface area is 97.6 Å². The lowest BCUT2D eigenvalue weighted by molar-refractivity contribution is 0.222. The molecule has 1 saturated heterocycles. The Balaban J connectivity index is 1.86. The van der Waals surface area contributed by atoms with Gasteiger partial charge in [-0.05, 0) is 32.0 Å². The summed E-state index contributed by atoms with van der Waals surface area (Å²) < 4.78 is 5.51. The average Bonchev–Trinajstić information content (AvgIpc) is 2.69. The maximum atomic E-state index is 5.57. The number of nitrogens with zero attached hydrogens (tertiary/aromatic N) is 1. The molecule has 3 nitrogen and oxygen atoms in total. The Kier molecular flexibility index (Phi) is 4.43. The van der Waals surface area contributed by atoms with Gasteiger partial charge in [-0.3, -0.25) is 4.90 Å². The van der Waals surface area contributed by atoms with Crippen LogP contribution in [0, 0.1) is 0 Å². The second-order valence-electron chi connectivity index (χ2n) is 4.67. The number of furan rings is 1. The molecule has 0 aliphatic carbocycles. The van der Waals surface area contributed by atoms with Crippen molar-refractivity contribution in [3.8, 4) is 0 Å². The van der Waals surface area contributed by atoms with E-state index >= 15 is 0 Å². The van der Waals surface area contributed by atoms with Crippen molar-refractivity contribution in [2.24, 2.45) is 5.73 Å². The third-order valence-corrected chi connectivity index (χ3v) is 3.27. The van der Waals surface area contributed by atoms with Crippen molar-refractivity contribution >= 4 is 0 Å². The smallest absolute Gasteiger partial charge is 0.118 e. The number of hydrogen-bond donors (Lipinski definition) is 1. The highest BCUT2D eigenvalue weighted by Crippen LogP contribution is 2.15. The quantitative estimate of drug-likeness (QED) is 0.854. The van der Waals surface area contributed by atoms with Crippen LogP contribution in [0.5, 0.6) is 0 Å². The minimum absolute atomic E-state index is 0.573. The highest BCUT2D eigenvalue weighted by molar-refractivity contribution is 5.12. The van der Waals surface area contributed by atoms with Gasteiger partial charge in [-0.15, -0.1) is 0 Å². The molecule has 1 fully saturated rings. The molecule has 90 valence electrons. The highest BCUT2D eigenvalue weighted by Gasteiger charge is 2.10. The monoisotopic (exact) mass is 222 g/mol. The standard InChI is InChI=1S/C13H22N2O/c14-9-12-8-13(16-11-12)10-15-6-4-2-1-3-5-7-15/h8,11H,1-7,9-10,14H2. The van der Waals surface area contributed by atoms with E-state index in [1.54, 1.807) is 6.26 Å². The largest absolute Gasteiger partial charge is 0.468 e. The lowest BCUT2D eigenvalue weighted by Crippen LogP contribution is -2.26. The van der Waals surface area contributed by atoms with E-state index < -0.39 is 0 Å². The third-order valence-electron chi connectivity index (χ3n) is 3.27. The first-order chi connectivity index (χ1) is 7.88. The molecule has 0 bridgehead atoms. The van der Waals surface area contributed by atoms with E-state index in [-0.39, 0.29) is 0 Å². The van der Waals surface area contributed by atoms with E-state index in [1.807, 2.05) is 0 Å². The van der Waals surface area contributed by atoms with Gasteiger partial charge in [0.05, 0.1) is 12.8 Å². The van der Waals surface area contributed by atoms with Crippen LogP contribution in [-0.4, -0.2) is 18.0 Å². The zero-order valence-corrected chi connectivity index (χ0v) is 9.95. The van der Waals surface area contributed by atoms with Crippen molar-refractivity contribution in [1.29, 1.82) is 0 Å². The van der Waals surface area contributed by atoms with Gasteiger partial charge in [-0.2, -0.15) is 0 Å². The predicted molar refractivity (Wildman–Crippen MR) is 65.0 cm³/mol. The maximum absolute atomic E-state index is 5.57. The summed E-state index contributed by atoms with van der Waals surface area (Å²) in [5.74, 6) is 1.06. The summed E-state index contributed by atoms with van der Waals surface area (Å²) in [4.78, 5) is 2.50. The predicted octanol–water partition coefficient (Wildman–Crippen LogP) is 2.50. The summed E-state index contributed by atoms with van der Waals surface area (Å²) in [5.41, 5.74) is 6.67. The fraction of sp³-hybridized carbons (Fsp3) is 0.692. The molecule has 0 saturated carbocycles. The summed E-state index contributed by atoms with van der Waals surface area (Å²) >= 11 is 0. The molecule has 1 aromatic rings. The number of nitrogens with two attached hydrogens (primary N) is 1. The van der Waals surface area contributed by atoms with Crippen molar-refractivity contribution in [1.82, 2.24) is 4.90 Å². The minimum Gasteiger partial charge on any atom is -0.468 e. The van der Waals surface area contributed by atoms with Gasteiger partial charge in [0.25, 0.3) is 0 Å². The molecule has 1 aliphatic heterocycles. The van der Waals surface area contributed by atoms with Crippen LogP contribution in [0.15, 0.2) is 16.7 Å². The van der Waals surface area contributed by atoms with Crippen molar-refractivity contribution in [2.45, 2.75) is 45.2 Å². The van der Waals surface area contributed by atoms with Gasteiger partial charge in [0.2, 0.25) is 0 Å². The Hall–Kier alpha value is -0.800. The van der Waals surface area contributed by atoms with Crippen molar-refractivity contribution < 1.29 is 4.42 Å². The lowest BCUT2D eigenvalue weighted by Gasteiger charge is -2.23. The first-order valence-corrected chi connectivity index (χ1v) is 6.37. The molecule has 0 atom stereocenters. The van der Waals surface area contributed by atoms with Crippen LogP contribution in [0.2, 0.25) is 0 Å². The molecular formula is C13H22N2O. The van der Waals surface area contributed by atoms with Gasteiger partial charge in [0.1, 0.15) is 5.76 Å². The molecule has 1 aromatic heterocycles. The van der Waals surface area contributed by atoms with Gasteiger partial charge in [-0.1, -0.05) is 19.3 Å². The van der Waals surface area contributed by atoms with E-state index in [9.17, 15) is 0 Å².